The van der Waals surface area contributed by atoms with E-state index in [4.69, 9.17) is 14.2 Å². The van der Waals surface area contributed by atoms with Gasteiger partial charge in [-0.2, -0.15) is 0 Å². The van der Waals surface area contributed by atoms with Crippen molar-refractivity contribution in [2.75, 3.05) is 59.8 Å². The van der Waals surface area contributed by atoms with Crippen molar-refractivity contribution < 1.29 is 19.0 Å². The van der Waals surface area contributed by atoms with Gasteiger partial charge in [0.05, 0.1) is 6.54 Å². The Bertz CT molecular complexity index is 573. The van der Waals surface area contributed by atoms with Crippen molar-refractivity contribution in [3.05, 3.63) is 23.8 Å². The number of carbonyl (C=O) groups excluding carboxylic acids is 1. The van der Waals surface area contributed by atoms with Crippen molar-refractivity contribution in [2.24, 2.45) is 0 Å². The molecule has 2 aliphatic heterocycles. The highest BCUT2D eigenvalue weighted by molar-refractivity contribution is 5.77. The zero-order chi connectivity index (χ0) is 17.5. The van der Waals surface area contributed by atoms with Crippen molar-refractivity contribution in [1.82, 2.24) is 15.1 Å². The fraction of sp³-hybridized carbons (Fsp3) is 0.611. The van der Waals surface area contributed by atoms with Crippen LogP contribution in [0.1, 0.15) is 12.0 Å². The van der Waals surface area contributed by atoms with Crippen LogP contribution in [0.15, 0.2) is 18.2 Å². The predicted molar refractivity (Wildman–Crippen MR) is 93.8 cm³/mol. The minimum Gasteiger partial charge on any atom is -0.454 e. The first kappa shape index (κ1) is 18.0. The third-order valence-electron chi connectivity index (χ3n) is 4.52. The molecule has 0 atom stereocenters. The number of nitrogens with one attached hydrogen (secondary N) is 1. The highest BCUT2D eigenvalue weighted by Crippen LogP contribution is 2.32. The predicted octanol–water partition coefficient (Wildman–Crippen LogP) is 0.686. The first-order valence-electron chi connectivity index (χ1n) is 8.83. The first-order valence-corrected chi connectivity index (χ1v) is 8.83. The summed E-state index contributed by atoms with van der Waals surface area (Å²) in [6, 6.07) is 6.12. The molecule has 0 saturated carbocycles. The molecule has 1 saturated heterocycles. The number of ether oxygens (including phenoxy) is 3. The van der Waals surface area contributed by atoms with Gasteiger partial charge in [-0.1, -0.05) is 6.07 Å². The fourth-order valence-corrected chi connectivity index (χ4v) is 3.11. The minimum atomic E-state index is 0.0975. The number of rotatable bonds is 8. The average Bonchev–Trinajstić information content (AvgIpc) is 3.08. The van der Waals surface area contributed by atoms with Crippen molar-refractivity contribution in [3.63, 3.8) is 0 Å². The number of hydrogen-bond donors (Lipinski definition) is 1. The molecule has 7 heteroatoms. The smallest absolute Gasteiger partial charge is 0.234 e. The molecule has 3 rings (SSSR count). The maximum Gasteiger partial charge on any atom is 0.234 e. The Morgan fingerprint density at radius 2 is 1.92 bits per heavy atom. The van der Waals surface area contributed by atoms with E-state index in [1.54, 1.807) is 7.11 Å². The molecule has 25 heavy (non-hydrogen) atoms. The van der Waals surface area contributed by atoms with E-state index in [0.717, 1.165) is 50.6 Å². The van der Waals surface area contributed by atoms with Gasteiger partial charge in [0.15, 0.2) is 11.5 Å². The molecular weight excluding hydrogens is 322 g/mol. The van der Waals surface area contributed by atoms with Gasteiger partial charge in [-0.25, -0.2) is 0 Å². The number of benzene rings is 1. The summed E-state index contributed by atoms with van der Waals surface area (Å²) < 4.78 is 15.8. The minimum absolute atomic E-state index is 0.0975. The second kappa shape index (κ2) is 9.03. The van der Waals surface area contributed by atoms with Crippen LogP contribution in [-0.2, 0) is 16.1 Å². The van der Waals surface area contributed by atoms with Gasteiger partial charge in [0.2, 0.25) is 12.7 Å². The topological polar surface area (TPSA) is 63.3 Å². The maximum atomic E-state index is 11.9. The lowest BCUT2D eigenvalue weighted by atomic mass is 10.1. The molecule has 0 bridgehead atoms. The van der Waals surface area contributed by atoms with E-state index in [-0.39, 0.29) is 5.91 Å². The molecule has 0 radical (unpaired) electrons. The average molecular weight is 349 g/mol. The zero-order valence-corrected chi connectivity index (χ0v) is 14.8. The molecule has 0 aliphatic carbocycles. The SMILES string of the molecule is COCCCNC(=O)CN1CCN(Cc2ccc3c(c2)OCO3)CC1. The Kier molecular flexibility index (Phi) is 6.49. The molecule has 1 aromatic rings. The third-order valence-corrected chi connectivity index (χ3v) is 4.52. The summed E-state index contributed by atoms with van der Waals surface area (Å²) in [5.41, 5.74) is 1.23. The Morgan fingerprint density at radius 1 is 1.16 bits per heavy atom. The van der Waals surface area contributed by atoms with Gasteiger partial charge in [0.25, 0.3) is 0 Å². The Hall–Kier alpha value is -1.83. The summed E-state index contributed by atoms with van der Waals surface area (Å²) in [6.07, 6.45) is 0.853. The molecule has 1 fully saturated rings. The molecule has 1 amide bonds. The van der Waals surface area contributed by atoms with Crippen molar-refractivity contribution in [1.29, 1.82) is 0 Å². The van der Waals surface area contributed by atoms with Crippen LogP contribution in [0.3, 0.4) is 0 Å². The third kappa shape index (κ3) is 5.32. The van der Waals surface area contributed by atoms with E-state index in [1.165, 1.54) is 5.56 Å². The summed E-state index contributed by atoms with van der Waals surface area (Å²) in [5.74, 6) is 1.76. The van der Waals surface area contributed by atoms with E-state index >= 15 is 0 Å². The Morgan fingerprint density at radius 3 is 2.72 bits per heavy atom. The second-order valence-electron chi connectivity index (χ2n) is 6.44. The van der Waals surface area contributed by atoms with Crippen LogP contribution in [0.2, 0.25) is 0 Å². The van der Waals surface area contributed by atoms with Crippen LogP contribution >= 0.6 is 0 Å². The number of carbonyl (C=O) groups is 1. The van der Waals surface area contributed by atoms with Gasteiger partial charge in [0.1, 0.15) is 0 Å². The molecular formula is C18H27N3O4. The van der Waals surface area contributed by atoms with E-state index in [1.807, 2.05) is 6.07 Å². The van der Waals surface area contributed by atoms with Crippen molar-refractivity contribution in [2.45, 2.75) is 13.0 Å². The molecule has 1 N–H and O–H groups in total. The lowest BCUT2D eigenvalue weighted by molar-refractivity contribution is -0.122. The fourth-order valence-electron chi connectivity index (χ4n) is 3.11. The van der Waals surface area contributed by atoms with Crippen LogP contribution in [0, 0.1) is 0 Å². The van der Waals surface area contributed by atoms with E-state index in [9.17, 15) is 4.79 Å². The van der Waals surface area contributed by atoms with Gasteiger partial charge in [-0.05, 0) is 24.1 Å². The summed E-state index contributed by atoms with van der Waals surface area (Å²) >= 11 is 0. The van der Waals surface area contributed by atoms with E-state index in [0.29, 0.717) is 26.5 Å². The van der Waals surface area contributed by atoms with Crippen LogP contribution in [0.5, 0.6) is 11.5 Å². The van der Waals surface area contributed by atoms with Gasteiger partial charge in [0, 0.05) is 53.0 Å². The van der Waals surface area contributed by atoms with E-state index in [2.05, 4.69) is 27.2 Å². The number of amides is 1. The number of fused-ring (bicyclic) bond motifs is 1. The maximum absolute atomic E-state index is 11.9. The van der Waals surface area contributed by atoms with Crippen molar-refractivity contribution in [3.8, 4) is 11.5 Å². The monoisotopic (exact) mass is 349 g/mol. The first-order chi connectivity index (χ1) is 12.2. The Labute approximate surface area is 148 Å². The molecule has 0 unspecified atom stereocenters. The number of hydrogen-bond acceptors (Lipinski definition) is 6. The Balaban J connectivity index is 1.36. The number of piperazine rings is 1. The van der Waals surface area contributed by atoms with Crippen LogP contribution in [0.25, 0.3) is 0 Å². The summed E-state index contributed by atoms with van der Waals surface area (Å²) in [7, 11) is 1.67. The quantitative estimate of drug-likeness (QED) is 0.697. The molecule has 2 heterocycles. The molecule has 1 aromatic carbocycles. The summed E-state index contributed by atoms with van der Waals surface area (Å²) in [5, 5.41) is 2.94. The van der Waals surface area contributed by atoms with Gasteiger partial charge in [-0.15, -0.1) is 0 Å². The lowest BCUT2D eigenvalue weighted by Gasteiger charge is -2.34. The highest BCUT2D eigenvalue weighted by atomic mass is 16.7. The summed E-state index contributed by atoms with van der Waals surface area (Å²) in [4.78, 5) is 16.5. The van der Waals surface area contributed by atoms with Gasteiger partial charge < -0.3 is 19.5 Å². The largest absolute Gasteiger partial charge is 0.454 e. The van der Waals surface area contributed by atoms with Crippen molar-refractivity contribution >= 4 is 5.91 Å². The van der Waals surface area contributed by atoms with E-state index < -0.39 is 0 Å². The van der Waals surface area contributed by atoms with Gasteiger partial charge in [-0.3, -0.25) is 14.6 Å². The normalized spacial score (nSPS) is 17.6. The van der Waals surface area contributed by atoms with Gasteiger partial charge >= 0.3 is 0 Å². The standard InChI is InChI=1S/C18H27N3O4/c1-23-10-2-5-19-18(22)13-21-8-6-20(7-9-21)12-15-3-4-16-17(11-15)25-14-24-16/h3-4,11H,2,5-10,12-14H2,1H3,(H,19,22). The van der Waals surface area contributed by atoms with Crippen LogP contribution in [0.4, 0.5) is 0 Å². The molecule has 7 nitrogen and oxygen atoms in total. The second-order valence-corrected chi connectivity index (χ2v) is 6.44. The number of nitrogens with zero attached hydrogens (tertiary/aromatic N) is 2. The number of methoxy groups -OCH3 is 1. The molecule has 0 spiro atoms. The van der Waals surface area contributed by atoms with Crippen LogP contribution in [-0.4, -0.2) is 75.5 Å². The molecule has 138 valence electrons. The van der Waals surface area contributed by atoms with Crippen LogP contribution < -0.4 is 14.8 Å². The molecule has 0 aromatic heterocycles. The highest BCUT2D eigenvalue weighted by Gasteiger charge is 2.20. The zero-order valence-electron chi connectivity index (χ0n) is 14.8. The lowest BCUT2D eigenvalue weighted by Crippen LogP contribution is -2.49. The molecule has 2 aliphatic rings. The summed E-state index contributed by atoms with van der Waals surface area (Å²) in [6.45, 7) is 6.79.